The Labute approximate surface area is 68.6 Å². The van der Waals surface area contributed by atoms with Crippen LogP contribution in [0.5, 0.6) is 0 Å². The first-order valence-electron chi connectivity index (χ1n) is 3.99. The maximum atomic E-state index is 9.53. The quantitative estimate of drug-likeness (QED) is 0.603. The molecule has 0 radical (unpaired) electrons. The van der Waals surface area contributed by atoms with Crippen molar-refractivity contribution in [3.63, 3.8) is 0 Å². The topological polar surface area (TPSA) is 40.5 Å². The molecule has 4 atom stereocenters. The van der Waals surface area contributed by atoms with E-state index in [2.05, 4.69) is 6.58 Å². The molecule has 0 aliphatic rings. The summed E-state index contributed by atoms with van der Waals surface area (Å²) in [6, 6.07) is 0. The molecule has 2 nitrogen and oxygen atoms in total. The minimum atomic E-state index is -0.493. The largest absolute Gasteiger partial charge is 0.393 e. The van der Waals surface area contributed by atoms with Gasteiger partial charge in [0.15, 0.2) is 0 Å². The minimum absolute atomic E-state index is 0.0413. The summed E-state index contributed by atoms with van der Waals surface area (Å²) in [5.41, 5.74) is 0. The van der Waals surface area contributed by atoms with Gasteiger partial charge in [0.2, 0.25) is 0 Å². The first kappa shape index (κ1) is 10.7. The van der Waals surface area contributed by atoms with Crippen LogP contribution in [0, 0.1) is 11.8 Å². The van der Waals surface area contributed by atoms with Gasteiger partial charge in [-0.1, -0.05) is 19.9 Å². The van der Waals surface area contributed by atoms with Crippen LogP contribution in [0.4, 0.5) is 0 Å². The van der Waals surface area contributed by atoms with E-state index in [-0.39, 0.29) is 11.8 Å². The van der Waals surface area contributed by atoms with E-state index in [0.717, 1.165) is 0 Å². The molecule has 0 fully saturated rings. The van der Waals surface area contributed by atoms with Crippen molar-refractivity contribution in [1.29, 1.82) is 0 Å². The van der Waals surface area contributed by atoms with Gasteiger partial charge in [-0.25, -0.2) is 0 Å². The predicted molar refractivity (Wildman–Crippen MR) is 46.2 cm³/mol. The number of hydrogen-bond acceptors (Lipinski definition) is 2. The summed E-state index contributed by atoms with van der Waals surface area (Å²) in [6.07, 6.45) is 0.740. The van der Waals surface area contributed by atoms with Crippen molar-refractivity contribution in [3.05, 3.63) is 12.7 Å². The van der Waals surface area contributed by atoms with Crippen LogP contribution >= 0.6 is 0 Å². The molecular formula is C9H18O2. The third kappa shape index (κ3) is 3.04. The van der Waals surface area contributed by atoms with Gasteiger partial charge in [0.05, 0.1) is 12.2 Å². The second-order valence-corrected chi connectivity index (χ2v) is 3.19. The number of aliphatic hydroxyl groups is 2. The third-order valence-corrected chi connectivity index (χ3v) is 2.21. The van der Waals surface area contributed by atoms with Crippen molar-refractivity contribution in [2.24, 2.45) is 11.8 Å². The number of hydrogen-bond donors (Lipinski definition) is 2. The van der Waals surface area contributed by atoms with Crippen LogP contribution in [0.3, 0.4) is 0 Å². The van der Waals surface area contributed by atoms with Gasteiger partial charge in [-0.05, 0) is 6.92 Å². The smallest absolute Gasteiger partial charge is 0.0650 e. The zero-order valence-corrected chi connectivity index (χ0v) is 7.49. The number of aliphatic hydroxyl groups excluding tert-OH is 2. The molecule has 0 aliphatic carbocycles. The summed E-state index contributed by atoms with van der Waals surface area (Å²) in [5.74, 6) is -0.0531. The summed E-state index contributed by atoms with van der Waals surface area (Å²) in [7, 11) is 0. The lowest BCUT2D eigenvalue weighted by molar-refractivity contribution is 0.0125. The van der Waals surface area contributed by atoms with Crippen molar-refractivity contribution >= 4 is 0 Å². The normalized spacial score (nSPS) is 21.9. The molecule has 0 bridgehead atoms. The first-order chi connectivity index (χ1) is 5.00. The van der Waals surface area contributed by atoms with Gasteiger partial charge in [0, 0.05) is 11.8 Å². The Bertz CT molecular complexity index is 121. The summed E-state index contributed by atoms with van der Waals surface area (Å²) in [4.78, 5) is 0. The van der Waals surface area contributed by atoms with E-state index >= 15 is 0 Å². The van der Waals surface area contributed by atoms with Crippen LogP contribution in [-0.2, 0) is 0 Å². The Balaban J connectivity index is 4.00. The van der Waals surface area contributed by atoms with Gasteiger partial charge in [0.25, 0.3) is 0 Å². The summed E-state index contributed by atoms with van der Waals surface area (Å²) in [5, 5.41) is 18.7. The molecule has 0 aromatic rings. The molecule has 11 heavy (non-hydrogen) atoms. The SMILES string of the molecule is C=C[C@@H](C)[C@H](O)[C@H](C)[C@H](C)O. The van der Waals surface area contributed by atoms with Gasteiger partial charge in [-0.3, -0.25) is 0 Å². The highest BCUT2D eigenvalue weighted by atomic mass is 16.3. The molecule has 0 rings (SSSR count). The van der Waals surface area contributed by atoms with Crippen molar-refractivity contribution in [2.75, 3.05) is 0 Å². The molecule has 0 saturated carbocycles. The molecule has 66 valence electrons. The maximum absolute atomic E-state index is 9.53. The summed E-state index contributed by atoms with van der Waals surface area (Å²) < 4.78 is 0. The summed E-state index contributed by atoms with van der Waals surface area (Å²) in [6.45, 7) is 8.98. The Morgan fingerprint density at radius 2 is 1.64 bits per heavy atom. The van der Waals surface area contributed by atoms with Crippen LogP contribution in [0.2, 0.25) is 0 Å². The van der Waals surface area contributed by atoms with Crippen LogP contribution in [0.25, 0.3) is 0 Å². The highest BCUT2D eigenvalue weighted by Gasteiger charge is 2.22. The lowest BCUT2D eigenvalue weighted by Gasteiger charge is -2.24. The zero-order chi connectivity index (χ0) is 9.02. The number of rotatable bonds is 4. The van der Waals surface area contributed by atoms with E-state index in [0.29, 0.717) is 0 Å². The molecule has 2 heteroatoms. The molecule has 0 amide bonds. The van der Waals surface area contributed by atoms with Crippen molar-refractivity contribution < 1.29 is 10.2 Å². The van der Waals surface area contributed by atoms with Gasteiger partial charge in [0.1, 0.15) is 0 Å². The monoisotopic (exact) mass is 158 g/mol. The average Bonchev–Trinajstić information content (AvgIpc) is 2.00. The lowest BCUT2D eigenvalue weighted by atomic mass is 9.90. The fourth-order valence-corrected chi connectivity index (χ4v) is 0.904. The second-order valence-electron chi connectivity index (χ2n) is 3.19. The van der Waals surface area contributed by atoms with Gasteiger partial charge in [-0.2, -0.15) is 0 Å². The van der Waals surface area contributed by atoms with E-state index in [4.69, 9.17) is 5.11 Å². The second kappa shape index (κ2) is 4.52. The van der Waals surface area contributed by atoms with E-state index in [1.807, 2.05) is 13.8 Å². The standard InChI is InChI=1S/C9H18O2/c1-5-6(2)9(11)7(3)8(4)10/h5-11H,1H2,2-4H3/t6-,7-,8+,9+/m1/s1. The maximum Gasteiger partial charge on any atom is 0.0650 e. The highest BCUT2D eigenvalue weighted by Crippen LogP contribution is 2.16. The minimum Gasteiger partial charge on any atom is -0.393 e. The molecule has 0 spiro atoms. The Kier molecular flexibility index (Phi) is 4.38. The van der Waals surface area contributed by atoms with Crippen molar-refractivity contribution in [3.8, 4) is 0 Å². The lowest BCUT2D eigenvalue weighted by Crippen LogP contribution is -2.31. The van der Waals surface area contributed by atoms with Crippen LogP contribution < -0.4 is 0 Å². The molecule has 0 aromatic carbocycles. The van der Waals surface area contributed by atoms with Crippen LogP contribution in [0.1, 0.15) is 20.8 Å². The summed E-state index contributed by atoms with van der Waals surface area (Å²) >= 11 is 0. The van der Waals surface area contributed by atoms with Crippen LogP contribution in [0.15, 0.2) is 12.7 Å². The Hall–Kier alpha value is -0.340. The van der Waals surface area contributed by atoms with Gasteiger partial charge < -0.3 is 10.2 Å². The average molecular weight is 158 g/mol. The molecule has 0 unspecified atom stereocenters. The molecule has 0 saturated heterocycles. The van der Waals surface area contributed by atoms with E-state index in [9.17, 15) is 5.11 Å². The van der Waals surface area contributed by atoms with E-state index in [1.165, 1.54) is 0 Å². The Morgan fingerprint density at radius 3 is 1.91 bits per heavy atom. The molecule has 0 aliphatic heterocycles. The van der Waals surface area contributed by atoms with E-state index < -0.39 is 12.2 Å². The molecule has 0 aromatic heterocycles. The fraction of sp³-hybridized carbons (Fsp3) is 0.778. The first-order valence-corrected chi connectivity index (χ1v) is 3.99. The van der Waals surface area contributed by atoms with E-state index in [1.54, 1.807) is 13.0 Å². The van der Waals surface area contributed by atoms with Gasteiger partial charge in [-0.15, -0.1) is 6.58 Å². The zero-order valence-electron chi connectivity index (χ0n) is 7.49. The van der Waals surface area contributed by atoms with Crippen molar-refractivity contribution in [1.82, 2.24) is 0 Å². The fourth-order valence-electron chi connectivity index (χ4n) is 0.904. The molecular weight excluding hydrogens is 140 g/mol. The van der Waals surface area contributed by atoms with Gasteiger partial charge >= 0.3 is 0 Å². The molecule has 2 N–H and O–H groups in total. The molecule has 0 heterocycles. The predicted octanol–water partition coefficient (Wildman–Crippen LogP) is 1.19. The third-order valence-electron chi connectivity index (χ3n) is 2.21. The highest BCUT2D eigenvalue weighted by molar-refractivity contribution is 4.85. The Morgan fingerprint density at radius 1 is 1.18 bits per heavy atom. The van der Waals surface area contributed by atoms with Crippen molar-refractivity contribution in [2.45, 2.75) is 33.0 Å². The van der Waals surface area contributed by atoms with Crippen LogP contribution in [-0.4, -0.2) is 22.4 Å².